The van der Waals surface area contributed by atoms with Gasteiger partial charge in [-0.25, -0.2) is 9.97 Å². The van der Waals surface area contributed by atoms with Crippen LogP contribution in [0.2, 0.25) is 5.02 Å². The third-order valence-corrected chi connectivity index (χ3v) is 5.63. The highest BCUT2D eigenvalue weighted by atomic mass is 35.5. The zero-order chi connectivity index (χ0) is 21.2. The first-order chi connectivity index (χ1) is 15.2. The molecule has 0 bridgehead atoms. The number of aromatic nitrogens is 4. The quantitative estimate of drug-likeness (QED) is 0.371. The van der Waals surface area contributed by atoms with Crippen LogP contribution in [0.25, 0.3) is 33.1 Å². The summed E-state index contributed by atoms with van der Waals surface area (Å²) in [4.78, 5) is 25.1. The number of halogens is 1. The van der Waals surface area contributed by atoms with Crippen LogP contribution in [-0.2, 0) is 6.54 Å². The highest BCUT2D eigenvalue weighted by Crippen LogP contribution is 2.35. The number of aryl methyl sites for hydroxylation is 1. The summed E-state index contributed by atoms with van der Waals surface area (Å²) < 4.78 is 1.98. The summed E-state index contributed by atoms with van der Waals surface area (Å²) in [6, 6.07) is 17.4. The predicted octanol–water partition coefficient (Wildman–Crippen LogP) is 5.05. The smallest absolute Gasteiger partial charge is 0.269 e. The van der Waals surface area contributed by atoms with Gasteiger partial charge in [-0.2, -0.15) is 0 Å². The van der Waals surface area contributed by atoms with Gasteiger partial charge in [-0.05, 0) is 24.6 Å². The lowest BCUT2D eigenvalue weighted by Gasteiger charge is -2.10. The van der Waals surface area contributed by atoms with Crippen LogP contribution < -0.4 is 5.32 Å². The van der Waals surface area contributed by atoms with Gasteiger partial charge in [0.2, 0.25) is 0 Å². The lowest BCUT2D eigenvalue weighted by Crippen LogP contribution is -2.26. The molecule has 5 rings (SSSR count). The minimum atomic E-state index is -0.203. The molecule has 0 atom stereocenters. The number of imidazole rings is 1. The maximum atomic E-state index is 12.9. The highest BCUT2D eigenvalue weighted by molar-refractivity contribution is 6.33. The van der Waals surface area contributed by atoms with Gasteiger partial charge in [0.15, 0.2) is 0 Å². The molecule has 2 aromatic carbocycles. The normalized spacial score (nSPS) is 11.3. The highest BCUT2D eigenvalue weighted by Gasteiger charge is 2.18. The summed E-state index contributed by atoms with van der Waals surface area (Å²) in [5.74, 6) is -0.203. The second-order valence-corrected chi connectivity index (χ2v) is 7.75. The average molecular weight is 430 g/mol. The Morgan fingerprint density at radius 2 is 1.94 bits per heavy atom. The number of nitrogens with one attached hydrogen (secondary N) is 2. The van der Waals surface area contributed by atoms with Crippen molar-refractivity contribution in [3.05, 3.63) is 84.0 Å². The van der Waals surface area contributed by atoms with Gasteiger partial charge in [0.25, 0.3) is 5.91 Å². The van der Waals surface area contributed by atoms with E-state index < -0.39 is 0 Å². The summed E-state index contributed by atoms with van der Waals surface area (Å²) in [5, 5.41) is 5.56. The molecule has 5 aromatic rings. The van der Waals surface area contributed by atoms with Crippen molar-refractivity contribution in [1.29, 1.82) is 0 Å². The average Bonchev–Trinajstić information content (AvgIpc) is 3.44. The van der Waals surface area contributed by atoms with Gasteiger partial charge < -0.3 is 14.9 Å². The molecule has 0 unspecified atom stereocenters. The van der Waals surface area contributed by atoms with Gasteiger partial charge >= 0.3 is 0 Å². The van der Waals surface area contributed by atoms with E-state index in [4.69, 9.17) is 16.6 Å². The second kappa shape index (κ2) is 8.24. The summed E-state index contributed by atoms with van der Waals surface area (Å²) >= 11 is 6.48. The molecule has 0 aliphatic carbocycles. The van der Waals surface area contributed by atoms with Crippen LogP contribution in [0.1, 0.15) is 16.9 Å². The van der Waals surface area contributed by atoms with Crippen molar-refractivity contribution < 1.29 is 4.79 Å². The summed E-state index contributed by atoms with van der Waals surface area (Å²) in [6.45, 7) is 1.34. The van der Waals surface area contributed by atoms with Crippen molar-refractivity contribution in [3.63, 3.8) is 0 Å². The molecular formula is C24H20ClN5O. The lowest BCUT2D eigenvalue weighted by molar-refractivity contribution is 0.0948. The number of rotatable bonds is 6. The largest absolute Gasteiger partial charge is 0.353 e. The van der Waals surface area contributed by atoms with E-state index in [-0.39, 0.29) is 5.91 Å². The first-order valence-electron chi connectivity index (χ1n) is 10.1. The predicted molar refractivity (Wildman–Crippen MR) is 123 cm³/mol. The molecule has 7 heteroatoms. The lowest BCUT2D eigenvalue weighted by atomic mass is 10.1. The molecule has 0 fully saturated rings. The van der Waals surface area contributed by atoms with E-state index >= 15 is 0 Å². The Labute approximate surface area is 183 Å². The number of amides is 1. The van der Waals surface area contributed by atoms with E-state index in [9.17, 15) is 4.79 Å². The molecule has 1 amide bonds. The third kappa shape index (κ3) is 3.78. The number of para-hydroxylation sites is 1. The molecule has 0 aliphatic rings. The molecule has 31 heavy (non-hydrogen) atoms. The topological polar surface area (TPSA) is 75.6 Å². The van der Waals surface area contributed by atoms with Gasteiger partial charge in [-0.15, -0.1) is 0 Å². The van der Waals surface area contributed by atoms with Crippen molar-refractivity contribution >= 4 is 39.3 Å². The molecule has 6 nitrogen and oxygen atoms in total. The Bertz CT molecular complexity index is 1370. The van der Waals surface area contributed by atoms with Gasteiger partial charge in [-0.1, -0.05) is 48.0 Å². The van der Waals surface area contributed by atoms with Crippen molar-refractivity contribution in [2.45, 2.75) is 13.0 Å². The van der Waals surface area contributed by atoms with E-state index in [0.717, 1.165) is 40.3 Å². The maximum Gasteiger partial charge on any atom is 0.269 e. The molecule has 0 spiro atoms. The van der Waals surface area contributed by atoms with Gasteiger partial charge in [0, 0.05) is 47.3 Å². The number of fused-ring (bicyclic) bond motifs is 3. The standard InChI is InChI=1S/C24H20ClN5O/c25-19-8-3-1-7-17(19)22-23-18(16-6-2-4-9-20(16)28-23)14-21(29-22)24(31)27-10-5-12-30-13-11-26-15-30/h1-4,6-9,11,13-15,28H,5,10,12H2,(H,27,31). The van der Waals surface area contributed by atoms with E-state index in [2.05, 4.69) is 15.3 Å². The summed E-state index contributed by atoms with van der Waals surface area (Å²) in [7, 11) is 0. The summed E-state index contributed by atoms with van der Waals surface area (Å²) in [5.41, 5.74) is 3.68. The molecule has 0 aliphatic heterocycles. The molecule has 0 saturated carbocycles. The Balaban J connectivity index is 1.51. The van der Waals surface area contributed by atoms with Crippen molar-refractivity contribution in [3.8, 4) is 11.3 Å². The van der Waals surface area contributed by atoms with Crippen molar-refractivity contribution in [1.82, 2.24) is 24.8 Å². The van der Waals surface area contributed by atoms with Crippen LogP contribution in [0.4, 0.5) is 0 Å². The van der Waals surface area contributed by atoms with E-state index in [0.29, 0.717) is 23.0 Å². The van der Waals surface area contributed by atoms with Crippen LogP contribution in [0.3, 0.4) is 0 Å². The Hall–Kier alpha value is -3.64. The van der Waals surface area contributed by atoms with E-state index in [1.54, 1.807) is 12.5 Å². The van der Waals surface area contributed by atoms with Crippen molar-refractivity contribution in [2.75, 3.05) is 6.54 Å². The number of benzene rings is 2. The first-order valence-corrected chi connectivity index (χ1v) is 10.5. The molecule has 3 aromatic heterocycles. The number of nitrogens with zero attached hydrogens (tertiary/aromatic N) is 3. The molecule has 154 valence electrons. The van der Waals surface area contributed by atoms with Crippen molar-refractivity contribution in [2.24, 2.45) is 0 Å². The van der Waals surface area contributed by atoms with Gasteiger partial charge in [-0.3, -0.25) is 4.79 Å². The number of carbonyl (C=O) groups is 1. The minimum Gasteiger partial charge on any atom is -0.353 e. The number of pyridine rings is 1. The fourth-order valence-corrected chi connectivity index (χ4v) is 4.01. The van der Waals surface area contributed by atoms with Crippen LogP contribution in [-0.4, -0.2) is 32.0 Å². The van der Waals surface area contributed by atoms with E-state index in [1.165, 1.54) is 0 Å². The van der Waals surface area contributed by atoms with Crippen LogP contribution in [0.15, 0.2) is 73.3 Å². The fourth-order valence-electron chi connectivity index (χ4n) is 3.78. The number of aromatic amines is 1. The van der Waals surface area contributed by atoms with Crippen LogP contribution in [0, 0.1) is 0 Å². The first kappa shape index (κ1) is 19.3. The number of hydrogen-bond acceptors (Lipinski definition) is 3. The molecule has 0 saturated heterocycles. The number of hydrogen-bond donors (Lipinski definition) is 2. The van der Waals surface area contributed by atoms with Gasteiger partial charge in [0.05, 0.1) is 22.6 Å². The maximum absolute atomic E-state index is 12.9. The minimum absolute atomic E-state index is 0.203. The molecule has 3 heterocycles. The van der Waals surface area contributed by atoms with Crippen LogP contribution in [0.5, 0.6) is 0 Å². The fraction of sp³-hybridized carbons (Fsp3) is 0.125. The zero-order valence-electron chi connectivity index (χ0n) is 16.7. The van der Waals surface area contributed by atoms with E-state index in [1.807, 2.05) is 65.4 Å². The molecule has 0 radical (unpaired) electrons. The Morgan fingerprint density at radius 3 is 2.77 bits per heavy atom. The number of H-pyrrole nitrogens is 1. The third-order valence-electron chi connectivity index (χ3n) is 5.30. The van der Waals surface area contributed by atoms with Gasteiger partial charge in [0.1, 0.15) is 5.69 Å². The summed E-state index contributed by atoms with van der Waals surface area (Å²) in [6.07, 6.45) is 6.22. The zero-order valence-corrected chi connectivity index (χ0v) is 17.4. The SMILES string of the molecule is O=C(NCCCn1ccnc1)c1cc2c([nH]c3ccccc32)c(-c2ccccc2Cl)n1. The molecule has 2 N–H and O–H groups in total. The second-order valence-electron chi connectivity index (χ2n) is 7.34. The Kier molecular flexibility index (Phi) is 5.14. The molecular weight excluding hydrogens is 410 g/mol. The monoisotopic (exact) mass is 429 g/mol. The Morgan fingerprint density at radius 1 is 1.10 bits per heavy atom. The van der Waals surface area contributed by atoms with Crippen LogP contribution >= 0.6 is 11.6 Å². The number of carbonyl (C=O) groups excluding carboxylic acids is 1.